The number of halogens is 3. The molecule has 0 spiro atoms. The Labute approximate surface area is 159 Å². The summed E-state index contributed by atoms with van der Waals surface area (Å²) >= 11 is 1.10. The van der Waals surface area contributed by atoms with Gasteiger partial charge in [0.1, 0.15) is 11.4 Å². The van der Waals surface area contributed by atoms with Crippen molar-refractivity contribution in [2.45, 2.75) is 12.7 Å². The first-order valence-electron chi connectivity index (χ1n) is 7.69. The number of nitrogens with one attached hydrogen (secondary N) is 1. The van der Waals surface area contributed by atoms with Crippen molar-refractivity contribution in [3.8, 4) is 11.4 Å². The van der Waals surface area contributed by atoms with E-state index in [9.17, 15) is 22.8 Å². The number of carbonyl (C=O) groups excluding carboxylic acids is 2. The summed E-state index contributed by atoms with van der Waals surface area (Å²) in [5, 5.41) is 15.4. The summed E-state index contributed by atoms with van der Waals surface area (Å²) < 4.78 is 43.1. The van der Waals surface area contributed by atoms with Crippen LogP contribution >= 0.6 is 11.3 Å². The van der Waals surface area contributed by atoms with Crippen LogP contribution in [0.1, 0.15) is 15.2 Å². The molecule has 0 aliphatic rings. The number of rotatable bonds is 5. The number of tetrazole rings is 1. The summed E-state index contributed by atoms with van der Waals surface area (Å²) in [6.07, 6.45) is -4.50. The van der Waals surface area contributed by atoms with Crippen LogP contribution in [-0.4, -0.2) is 39.2 Å². The van der Waals surface area contributed by atoms with E-state index in [1.807, 2.05) is 0 Å². The first-order chi connectivity index (χ1) is 13.3. The van der Waals surface area contributed by atoms with Crippen LogP contribution in [0.2, 0.25) is 0 Å². The summed E-state index contributed by atoms with van der Waals surface area (Å²) in [6, 6.07) is 6.01. The van der Waals surface area contributed by atoms with E-state index in [-0.39, 0.29) is 28.5 Å². The molecule has 2 aromatic heterocycles. The van der Waals surface area contributed by atoms with Gasteiger partial charge in [-0.25, -0.2) is 4.79 Å². The van der Waals surface area contributed by atoms with Crippen LogP contribution in [0.5, 0.6) is 0 Å². The molecule has 3 aromatic rings. The average molecular weight is 411 g/mol. The third kappa shape index (κ3) is 4.34. The normalized spacial score (nSPS) is 11.3. The van der Waals surface area contributed by atoms with Crippen LogP contribution in [0.25, 0.3) is 11.4 Å². The van der Waals surface area contributed by atoms with E-state index in [4.69, 9.17) is 0 Å². The van der Waals surface area contributed by atoms with Gasteiger partial charge in [0.05, 0.1) is 18.4 Å². The summed E-state index contributed by atoms with van der Waals surface area (Å²) in [5.74, 6) is -1.18. The highest BCUT2D eigenvalue weighted by Gasteiger charge is 2.30. The van der Waals surface area contributed by atoms with Gasteiger partial charge in [0.25, 0.3) is 0 Å². The molecule has 0 saturated carbocycles. The fraction of sp³-hybridized carbons (Fsp3) is 0.188. The Hall–Kier alpha value is -3.28. The van der Waals surface area contributed by atoms with E-state index in [0.717, 1.165) is 28.3 Å². The number of hydrogen-bond acceptors (Lipinski definition) is 7. The monoisotopic (exact) mass is 411 g/mol. The highest BCUT2D eigenvalue weighted by atomic mass is 32.1. The van der Waals surface area contributed by atoms with Crippen molar-refractivity contribution in [3.63, 3.8) is 0 Å². The van der Waals surface area contributed by atoms with Gasteiger partial charge < -0.3 is 10.1 Å². The van der Waals surface area contributed by atoms with Crippen molar-refractivity contribution in [3.05, 3.63) is 46.2 Å². The van der Waals surface area contributed by atoms with Crippen molar-refractivity contribution in [1.29, 1.82) is 0 Å². The molecular weight excluding hydrogens is 399 g/mol. The number of nitrogens with zero attached hydrogens (tertiary/aromatic N) is 4. The Morgan fingerprint density at radius 1 is 1.29 bits per heavy atom. The van der Waals surface area contributed by atoms with E-state index >= 15 is 0 Å². The second kappa shape index (κ2) is 7.76. The van der Waals surface area contributed by atoms with Crippen LogP contribution < -0.4 is 5.32 Å². The maximum atomic E-state index is 12.8. The number of thiophene rings is 1. The standard InChI is InChI=1S/C16H12F3N5O3S/c1-27-15(26)13-11(5-6-28-13)20-12(25)8-24-22-14(21-23-24)9-3-2-4-10(7-9)16(17,18)19/h2-7H,8H2,1H3,(H,20,25). The van der Waals surface area contributed by atoms with Gasteiger partial charge in [-0.3, -0.25) is 4.79 Å². The van der Waals surface area contributed by atoms with Gasteiger partial charge in [-0.15, -0.1) is 21.5 Å². The Kier molecular flexibility index (Phi) is 5.40. The van der Waals surface area contributed by atoms with Gasteiger partial charge in [-0.1, -0.05) is 12.1 Å². The first kappa shape index (κ1) is 19.5. The van der Waals surface area contributed by atoms with Gasteiger partial charge >= 0.3 is 12.1 Å². The number of anilines is 1. The van der Waals surface area contributed by atoms with Crippen LogP contribution in [0, 0.1) is 0 Å². The molecule has 0 bridgehead atoms. The molecule has 146 valence electrons. The zero-order chi connectivity index (χ0) is 20.3. The number of alkyl halides is 3. The Bertz CT molecular complexity index is 1010. The lowest BCUT2D eigenvalue weighted by molar-refractivity contribution is -0.137. The molecular formula is C16H12F3N5O3S. The van der Waals surface area contributed by atoms with E-state index in [1.165, 1.54) is 25.3 Å². The topological polar surface area (TPSA) is 99.0 Å². The Balaban J connectivity index is 1.71. The number of amides is 1. The Morgan fingerprint density at radius 3 is 2.79 bits per heavy atom. The zero-order valence-corrected chi connectivity index (χ0v) is 15.0. The summed E-state index contributed by atoms with van der Waals surface area (Å²) in [4.78, 5) is 24.9. The molecule has 0 unspecified atom stereocenters. The lowest BCUT2D eigenvalue weighted by Crippen LogP contribution is -2.21. The second-order valence-electron chi connectivity index (χ2n) is 5.43. The maximum Gasteiger partial charge on any atom is 0.416 e. The van der Waals surface area contributed by atoms with Gasteiger partial charge in [-0.2, -0.15) is 18.0 Å². The summed E-state index contributed by atoms with van der Waals surface area (Å²) in [7, 11) is 1.22. The molecule has 0 aliphatic heterocycles. The number of methoxy groups -OCH3 is 1. The minimum Gasteiger partial charge on any atom is -0.465 e. The molecule has 0 radical (unpaired) electrons. The lowest BCUT2D eigenvalue weighted by atomic mass is 10.1. The molecule has 8 nitrogen and oxygen atoms in total. The summed E-state index contributed by atoms with van der Waals surface area (Å²) in [6.45, 7) is -0.345. The molecule has 2 heterocycles. The quantitative estimate of drug-likeness (QED) is 0.649. The molecule has 12 heteroatoms. The Morgan fingerprint density at radius 2 is 2.07 bits per heavy atom. The number of aromatic nitrogens is 4. The number of hydrogen-bond donors (Lipinski definition) is 1. The van der Waals surface area contributed by atoms with Gasteiger partial charge in [0, 0.05) is 5.56 Å². The number of benzene rings is 1. The van der Waals surface area contributed by atoms with Gasteiger partial charge in [0.15, 0.2) is 0 Å². The van der Waals surface area contributed by atoms with Crippen molar-refractivity contribution in [2.75, 3.05) is 12.4 Å². The predicted octanol–water partition coefficient (Wildman–Crippen LogP) is 2.85. The molecule has 3 rings (SSSR count). The predicted molar refractivity (Wildman–Crippen MR) is 92.5 cm³/mol. The van der Waals surface area contributed by atoms with Crippen molar-refractivity contribution in [1.82, 2.24) is 20.2 Å². The molecule has 0 aliphatic carbocycles. The fourth-order valence-electron chi connectivity index (χ4n) is 2.24. The highest BCUT2D eigenvalue weighted by Crippen LogP contribution is 2.31. The van der Waals surface area contributed by atoms with Crippen LogP contribution in [0.4, 0.5) is 18.9 Å². The number of esters is 1. The third-order valence-electron chi connectivity index (χ3n) is 3.50. The van der Waals surface area contributed by atoms with Gasteiger partial charge in [-0.05, 0) is 28.8 Å². The maximum absolute atomic E-state index is 12.8. The van der Waals surface area contributed by atoms with E-state index in [2.05, 4.69) is 25.5 Å². The molecule has 1 N–H and O–H groups in total. The molecule has 0 fully saturated rings. The van der Waals surface area contributed by atoms with Crippen molar-refractivity contribution >= 4 is 28.9 Å². The smallest absolute Gasteiger partial charge is 0.416 e. The molecule has 0 atom stereocenters. The largest absolute Gasteiger partial charge is 0.465 e. The summed E-state index contributed by atoms with van der Waals surface area (Å²) in [5.41, 5.74) is -0.445. The fourth-order valence-corrected chi connectivity index (χ4v) is 3.00. The molecule has 28 heavy (non-hydrogen) atoms. The minimum absolute atomic E-state index is 0.0512. The third-order valence-corrected chi connectivity index (χ3v) is 4.39. The van der Waals surface area contributed by atoms with Crippen LogP contribution in [-0.2, 0) is 22.3 Å². The van der Waals surface area contributed by atoms with Crippen molar-refractivity contribution in [2.24, 2.45) is 0 Å². The van der Waals surface area contributed by atoms with Crippen molar-refractivity contribution < 1.29 is 27.5 Å². The molecule has 1 amide bonds. The van der Waals surface area contributed by atoms with E-state index in [1.54, 1.807) is 5.38 Å². The van der Waals surface area contributed by atoms with Crippen LogP contribution in [0.3, 0.4) is 0 Å². The molecule has 1 aromatic carbocycles. The first-order valence-corrected chi connectivity index (χ1v) is 8.57. The highest BCUT2D eigenvalue weighted by molar-refractivity contribution is 7.12. The number of carbonyl (C=O) groups is 2. The molecule has 0 saturated heterocycles. The van der Waals surface area contributed by atoms with E-state index in [0.29, 0.717) is 0 Å². The average Bonchev–Trinajstić information content (AvgIpc) is 3.30. The second-order valence-corrected chi connectivity index (χ2v) is 6.34. The SMILES string of the molecule is COC(=O)c1sccc1NC(=O)Cn1nnc(-c2cccc(C(F)(F)F)c2)n1. The zero-order valence-electron chi connectivity index (χ0n) is 14.2. The minimum atomic E-state index is -4.50. The van der Waals surface area contributed by atoms with Gasteiger partial charge in [0.2, 0.25) is 11.7 Å². The number of ether oxygens (including phenoxy) is 1. The lowest BCUT2D eigenvalue weighted by Gasteiger charge is -2.06. The van der Waals surface area contributed by atoms with Crippen LogP contribution in [0.15, 0.2) is 35.7 Å². The van der Waals surface area contributed by atoms with E-state index < -0.39 is 23.6 Å².